The van der Waals surface area contributed by atoms with Crippen LogP contribution in [0.1, 0.15) is 13.3 Å². The van der Waals surface area contributed by atoms with Crippen molar-refractivity contribution in [2.75, 3.05) is 13.1 Å². The molecule has 0 bridgehead atoms. The van der Waals surface area contributed by atoms with Gasteiger partial charge in [0.05, 0.1) is 0 Å². The van der Waals surface area contributed by atoms with Gasteiger partial charge in [-0.15, -0.1) is 0 Å². The van der Waals surface area contributed by atoms with Gasteiger partial charge in [0.2, 0.25) is 0 Å². The molecule has 1 rings (SSSR count). The Labute approximate surface area is 96.6 Å². The summed E-state index contributed by atoms with van der Waals surface area (Å²) >= 11 is 0. The van der Waals surface area contributed by atoms with E-state index in [1.807, 2.05) is 0 Å². The third-order valence-corrected chi connectivity index (χ3v) is 3.41. The molecule has 0 radical (unpaired) electrons. The Bertz CT molecular complexity index is 439. The molecule has 0 aliphatic carbocycles. The number of carbonyl (C=O) groups is 1. The molecular weight excluding hydrogens is 260 g/mol. The molecule has 1 aliphatic heterocycles. The fourth-order valence-electron chi connectivity index (χ4n) is 1.11. The van der Waals surface area contributed by atoms with E-state index in [2.05, 4.69) is 4.18 Å². The van der Waals surface area contributed by atoms with Crippen LogP contribution < -0.4 is 0 Å². The quantitative estimate of drug-likeness (QED) is 0.780. The van der Waals surface area contributed by atoms with E-state index in [1.54, 1.807) is 0 Å². The highest BCUT2D eigenvalue weighted by atomic mass is 32.2. The summed E-state index contributed by atoms with van der Waals surface area (Å²) in [5, 5.41) is 4.62. The predicted octanol–water partition coefficient (Wildman–Crippen LogP) is 1.21. The predicted molar refractivity (Wildman–Crippen MR) is 52.9 cm³/mol. The lowest BCUT2D eigenvalue weighted by Crippen LogP contribution is -2.35. The van der Waals surface area contributed by atoms with Crippen LogP contribution in [0.4, 0.5) is 13.6 Å². The number of hydrogen-bond donors (Lipinski definition) is 1. The minimum atomic E-state index is -5.00. The molecule has 1 amide bonds. The number of rotatable bonds is 3. The molecule has 0 saturated carbocycles. The average molecular weight is 271 g/mol. The van der Waals surface area contributed by atoms with E-state index in [0.717, 1.165) is 11.0 Å². The van der Waals surface area contributed by atoms with E-state index in [4.69, 9.17) is 5.11 Å². The summed E-state index contributed by atoms with van der Waals surface area (Å²) in [6.45, 7) is 0.136. The first-order chi connectivity index (χ1) is 7.63. The molecule has 6 nitrogen and oxygen atoms in total. The molecule has 0 aromatic heterocycles. The van der Waals surface area contributed by atoms with Crippen LogP contribution in [0.2, 0.25) is 0 Å². The molecule has 1 heterocycles. The Morgan fingerprint density at radius 2 is 2.18 bits per heavy atom. The van der Waals surface area contributed by atoms with Crippen LogP contribution in [0.25, 0.3) is 0 Å². The minimum Gasteiger partial charge on any atom is -0.465 e. The monoisotopic (exact) mass is 271 g/mol. The van der Waals surface area contributed by atoms with Gasteiger partial charge in [0, 0.05) is 26.4 Å². The summed E-state index contributed by atoms with van der Waals surface area (Å²) in [5.74, 6) is -0.163. The zero-order valence-corrected chi connectivity index (χ0v) is 9.71. The molecule has 0 spiro atoms. The van der Waals surface area contributed by atoms with Gasteiger partial charge in [-0.05, 0) is 6.08 Å². The standard InChI is InChI=1S/C8H11F2NO5S/c1-8(9,10)17(14,15)16-6-2-4-11(5-3-6)7(12)13/h2H,3-5H2,1H3,(H,12,13). The summed E-state index contributed by atoms with van der Waals surface area (Å²) in [6.07, 6.45) is -0.0633. The molecule has 98 valence electrons. The first-order valence-corrected chi connectivity index (χ1v) is 6.03. The molecule has 17 heavy (non-hydrogen) atoms. The van der Waals surface area contributed by atoms with E-state index in [9.17, 15) is 22.0 Å². The second-order valence-electron chi connectivity index (χ2n) is 3.49. The van der Waals surface area contributed by atoms with E-state index in [1.165, 1.54) is 0 Å². The van der Waals surface area contributed by atoms with Gasteiger partial charge in [-0.25, -0.2) is 4.79 Å². The third-order valence-electron chi connectivity index (χ3n) is 2.09. The van der Waals surface area contributed by atoms with Gasteiger partial charge in [0.1, 0.15) is 5.76 Å². The van der Waals surface area contributed by atoms with Gasteiger partial charge in [0.25, 0.3) is 0 Å². The van der Waals surface area contributed by atoms with Crippen molar-refractivity contribution in [1.29, 1.82) is 0 Å². The van der Waals surface area contributed by atoms with Crippen molar-refractivity contribution in [3.63, 3.8) is 0 Å². The van der Waals surface area contributed by atoms with E-state index < -0.39 is 21.5 Å². The Balaban J connectivity index is 2.71. The largest absolute Gasteiger partial charge is 0.465 e. The molecule has 0 aromatic carbocycles. The Morgan fingerprint density at radius 3 is 2.53 bits per heavy atom. The highest BCUT2D eigenvalue weighted by Crippen LogP contribution is 2.26. The van der Waals surface area contributed by atoms with E-state index in [-0.39, 0.29) is 32.2 Å². The zero-order valence-electron chi connectivity index (χ0n) is 8.89. The van der Waals surface area contributed by atoms with Crippen molar-refractivity contribution in [2.45, 2.75) is 18.6 Å². The molecule has 9 heteroatoms. The van der Waals surface area contributed by atoms with Crippen LogP contribution in [0, 0.1) is 0 Å². The summed E-state index contributed by atoms with van der Waals surface area (Å²) < 4.78 is 51.5. The second kappa shape index (κ2) is 4.47. The van der Waals surface area contributed by atoms with Gasteiger partial charge in [-0.3, -0.25) is 0 Å². The Kier molecular flexibility index (Phi) is 3.60. The molecule has 0 unspecified atom stereocenters. The number of hydrogen-bond acceptors (Lipinski definition) is 4. The van der Waals surface area contributed by atoms with Gasteiger partial charge in [-0.1, -0.05) is 0 Å². The molecule has 0 saturated heterocycles. The topological polar surface area (TPSA) is 83.9 Å². The van der Waals surface area contributed by atoms with Crippen molar-refractivity contribution in [2.24, 2.45) is 0 Å². The average Bonchev–Trinajstić information content (AvgIpc) is 2.16. The number of carboxylic acid groups (broad SMARTS) is 1. The van der Waals surface area contributed by atoms with Gasteiger partial charge < -0.3 is 14.2 Å². The molecule has 0 atom stereocenters. The van der Waals surface area contributed by atoms with Crippen LogP contribution >= 0.6 is 0 Å². The van der Waals surface area contributed by atoms with Crippen LogP contribution in [-0.2, 0) is 14.3 Å². The normalized spacial score (nSPS) is 17.6. The second-order valence-corrected chi connectivity index (χ2v) is 5.29. The lowest BCUT2D eigenvalue weighted by atomic mass is 10.2. The summed E-state index contributed by atoms with van der Waals surface area (Å²) in [7, 11) is -5.00. The SMILES string of the molecule is CC(F)(F)S(=O)(=O)OC1=CCN(C(=O)O)CC1. The van der Waals surface area contributed by atoms with Crippen molar-refractivity contribution >= 4 is 16.2 Å². The zero-order chi connectivity index (χ0) is 13.3. The van der Waals surface area contributed by atoms with Crippen molar-refractivity contribution in [3.8, 4) is 0 Å². The van der Waals surface area contributed by atoms with Crippen molar-refractivity contribution < 1.29 is 31.3 Å². The third kappa shape index (κ3) is 3.29. The lowest BCUT2D eigenvalue weighted by Gasteiger charge is -2.24. The molecule has 1 aliphatic rings. The summed E-state index contributed by atoms with van der Waals surface area (Å²) in [4.78, 5) is 11.5. The molecule has 0 fully saturated rings. The number of amides is 1. The maximum atomic E-state index is 12.6. The molecule has 0 aromatic rings. The summed E-state index contributed by atoms with van der Waals surface area (Å²) in [5.41, 5.74) is 0. The van der Waals surface area contributed by atoms with E-state index >= 15 is 0 Å². The van der Waals surface area contributed by atoms with Gasteiger partial charge in [0.15, 0.2) is 0 Å². The number of halogens is 2. The Hall–Kier alpha value is -1.38. The fraction of sp³-hybridized carbons (Fsp3) is 0.625. The van der Waals surface area contributed by atoms with Gasteiger partial charge >= 0.3 is 21.5 Å². The highest BCUT2D eigenvalue weighted by Gasteiger charge is 2.42. The lowest BCUT2D eigenvalue weighted by molar-refractivity contribution is 0.0969. The number of alkyl halides is 2. The van der Waals surface area contributed by atoms with E-state index in [0.29, 0.717) is 0 Å². The number of nitrogens with zero attached hydrogens (tertiary/aromatic N) is 1. The van der Waals surface area contributed by atoms with Crippen molar-refractivity contribution in [3.05, 3.63) is 11.8 Å². The maximum absolute atomic E-state index is 12.6. The highest BCUT2D eigenvalue weighted by molar-refractivity contribution is 7.87. The van der Waals surface area contributed by atoms with Crippen molar-refractivity contribution in [1.82, 2.24) is 4.90 Å². The first-order valence-electron chi connectivity index (χ1n) is 4.62. The van der Waals surface area contributed by atoms with Crippen LogP contribution in [0.5, 0.6) is 0 Å². The fourth-order valence-corrected chi connectivity index (χ4v) is 1.69. The minimum absolute atomic E-state index is 0.00592. The van der Waals surface area contributed by atoms with Gasteiger partial charge in [-0.2, -0.15) is 17.2 Å². The molecular formula is C8H11F2NO5S. The molecule has 1 N–H and O–H groups in total. The summed E-state index contributed by atoms with van der Waals surface area (Å²) in [6, 6.07) is 0. The van der Waals surface area contributed by atoms with Crippen LogP contribution in [-0.4, -0.2) is 42.9 Å². The maximum Gasteiger partial charge on any atom is 0.407 e. The smallest absolute Gasteiger partial charge is 0.407 e. The Morgan fingerprint density at radius 1 is 1.59 bits per heavy atom. The first kappa shape index (κ1) is 13.7. The van der Waals surface area contributed by atoms with Crippen LogP contribution in [0.15, 0.2) is 11.8 Å². The van der Waals surface area contributed by atoms with Crippen LogP contribution in [0.3, 0.4) is 0 Å².